The normalized spacial score (nSPS) is 27.2. The van der Waals surface area contributed by atoms with Crippen LogP contribution in [0.4, 0.5) is 4.39 Å². The average Bonchev–Trinajstić information content (AvgIpc) is 2.84. The molecular formula is C9H14FN2O13P3. The summed E-state index contributed by atoms with van der Waals surface area (Å²) in [7, 11) is -16.8. The Labute approximate surface area is 154 Å². The first-order chi connectivity index (χ1) is 12.6. The smallest absolute Gasteiger partial charge is 0.320 e. The van der Waals surface area contributed by atoms with Gasteiger partial charge in [0.15, 0.2) is 0 Å². The number of nitrogens with zero attached hydrogens (tertiary/aromatic N) is 1. The lowest BCUT2D eigenvalue weighted by atomic mass is 10.2. The van der Waals surface area contributed by atoms with E-state index >= 15 is 0 Å². The zero-order valence-electron chi connectivity index (χ0n) is 13.5. The average molecular weight is 470 g/mol. The van der Waals surface area contributed by atoms with Crippen LogP contribution in [0.3, 0.4) is 0 Å². The van der Waals surface area contributed by atoms with E-state index in [1.807, 2.05) is 4.98 Å². The minimum absolute atomic E-state index is 0.109. The molecule has 2 unspecified atom stereocenters. The van der Waals surface area contributed by atoms with Crippen molar-refractivity contribution in [2.75, 3.05) is 6.61 Å². The van der Waals surface area contributed by atoms with Gasteiger partial charge in [0.25, 0.3) is 5.56 Å². The fourth-order valence-electron chi connectivity index (χ4n) is 2.14. The van der Waals surface area contributed by atoms with E-state index in [9.17, 15) is 32.6 Å². The highest BCUT2D eigenvalue weighted by Gasteiger charge is 2.46. The van der Waals surface area contributed by atoms with E-state index in [0.717, 1.165) is 16.8 Å². The van der Waals surface area contributed by atoms with Gasteiger partial charge in [-0.05, 0) is 6.42 Å². The van der Waals surface area contributed by atoms with Crippen molar-refractivity contribution < 1.29 is 55.5 Å². The van der Waals surface area contributed by atoms with Crippen LogP contribution in [0.2, 0.25) is 0 Å². The van der Waals surface area contributed by atoms with Crippen LogP contribution in [0.1, 0.15) is 19.1 Å². The van der Waals surface area contributed by atoms with Crippen molar-refractivity contribution >= 4 is 23.5 Å². The Morgan fingerprint density at radius 3 is 2.43 bits per heavy atom. The summed E-state index contributed by atoms with van der Waals surface area (Å²) >= 11 is 0. The van der Waals surface area contributed by atoms with Crippen molar-refractivity contribution in [1.29, 1.82) is 0 Å². The fraction of sp³-hybridized carbons (Fsp3) is 0.556. The number of aromatic amines is 1. The second-order valence-corrected chi connectivity index (χ2v) is 9.80. The van der Waals surface area contributed by atoms with Crippen LogP contribution in [0.5, 0.6) is 0 Å². The van der Waals surface area contributed by atoms with Gasteiger partial charge in [0.1, 0.15) is 12.8 Å². The Kier molecular flexibility index (Phi) is 6.66. The van der Waals surface area contributed by atoms with E-state index in [1.165, 1.54) is 0 Å². The second-order valence-electron chi connectivity index (χ2n) is 5.38. The van der Waals surface area contributed by atoms with E-state index in [2.05, 4.69) is 13.1 Å². The molecule has 1 aliphatic rings. The predicted octanol–water partition coefficient (Wildman–Crippen LogP) is -0.145. The molecule has 160 valence electrons. The molecule has 2 rings (SSSR count). The molecule has 2 heterocycles. The maximum absolute atomic E-state index is 14.6. The number of aromatic nitrogens is 2. The Morgan fingerprint density at radius 2 is 1.86 bits per heavy atom. The Hall–Kier alpha value is -1.02. The monoisotopic (exact) mass is 470 g/mol. The van der Waals surface area contributed by atoms with Crippen LogP contribution in [0, 0.1) is 0 Å². The van der Waals surface area contributed by atoms with Gasteiger partial charge in [0.05, 0.1) is 0 Å². The summed E-state index contributed by atoms with van der Waals surface area (Å²) < 4.78 is 64.8. The zero-order chi connectivity index (χ0) is 21.4. The highest BCUT2D eigenvalue weighted by atomic mass is 31.3. The first-order valence-electron chi connectivity index (χ1n) is 7.06. The number of nitrogens with one attached hydrogen (secondary N) is 1. The van der Waals surface area contributed by atoms with Crippen LogP contribution >= 0.6 is 23.5 Å². The molecule has 0 amide bonds. The SMILES string of the molecule is O=c1ccn([C@H]2CC[C@@](F)(COP(=O)(O)OP(=O)(O)OP(=O)(O)O)O2)c(=O)[nH]1. The van der Waals surface area contributed by atoms with Gasteiger partial charge in [-0.2, -0.15) is 8.62 Å². The molecule has 0 bridgehead atoms. The lowest BCUT2D eigenvalue weighted by Gasteiger charge is -2.23. The number of H-pyrrole nitrogens is 1. The molecule has 28 heavy (non-hydrogen) atoms. The standard InChI is InChI=1S/C9H14FN2O13P3/c10-9(3-1-7(23-9)12-4-2-6(13)11-8(12)14)5-22-27(18,19)25-28(20,21)24-26(15,16)17/h2,4,7H,1,3,5H2,(H,18,19)(H,20,21)(H,11,13,14)(H2,15,16,17)/t7-,9+/m1/s1. The molecule has 19 heteroatoms. The summed E-state index contributed by atoms with van der Waals surface area (Å²) in [6, 6.07) is 0.981. The number of alkyl halides is 1. The maximum Gasteiger partial charge on any atom is 0.490 e. The van der Waals surface area contributed by atoms with Gasteiger partial charge in [-0.1, -0.05) is 0 Å². The fourth-order valence-corrected chi connectivity index (χ4v) is 5.19. The molecule has 1 aromatic rings. The molecule has 4 atom stereocenters. The molecule has 1 aliphatic heterocycles. The van der Waals surface area contributed by atoms with Gasteiger partial charge in [-0.15, -0.1) is 0 Å². The quantitative estimate of drug-likeness (QED) is 0.312. The van der Waals surface area contributed by atoms with Crippen molar-refractivity contribution in [3.8, 4) is 0 Å². The van der Waals surface area contributed by atoms with E-state index in [-0.39, 0.29) is 6.42 Å². The lowest BCUT2D eigenvalue weighted by molar-refractivity contribution is -0.175. The van der Waals surface area contributed by atoms with Gasteiger partial charge >= 0.3 is 29.2 Å². The van der Waals surface area contributed by atoms with E-state index in [4.69, 9.17) is 19.4 Å². The topological polar surface area (TPSA) is 224 Å². The summed E-state index contributed by atoms with van der Waals surface area (Å²) in [5.74, 6) is -2.73. The van der Waals surface area contributed by atoms with E-state index in [0.29, 0.717) is 0 Å². The van der Waals surface area contributed by atoms with E-state index < -0.39 is 59.8 Å². The maximum atomic E-state index is 14.6. The van der Waals surface area contributed by atoms with Crippen molar-refractivity contribution in [3.63, 3.8) is 0 Å². The van der Waals surface area contributed by atoms with Crippen LogP contribution in [-0.4, -0.2) is 41.6 Å². The highest BCUT2D eigenvalue weighted by molar-refractivity contribution is 7.66. The van der Waals surface area contributed by atoms with Crippen molar-refractivity contribution in [1.82, 2.24) is 9.55 Å². The Morgan fingerprint density at radius 1 is 1.21 bits per heavy atom. The molecule has 0 aliphatic carbocycles. The van der Waals surface area contributed by atoms with Gasteiger partial charge in [0, 0.05) is 18.7 Å². The summed E-state index contributed by atoms with van der Waals surface area (Å²) in [6.45, 7) is -1.31. The van der Waals surface area contributed by atoms with Crippen LogP contribution in [0.15, 0.2) is 21.9 Å². The predicted molar refractivity (Wildman–Crippen MR) is 84.3 cm³/mol. The Bertz CT molecular complexity index is 986. The molecule has 1 fully saturated rings. The second kappa shape index (κ2) is 8.01. The van der Waals surface area contributed by atoms with E-state index in [1.54, 1.807) is 0 Å². The lowest BCUT2D eigenvalue weighted by Crippen LogP contribution is -2.34. The molecule has 5 N–H and O–H groups in total. The zero-order valence-corrected chi connectivity index (χ0v) is 16.2. The summed E-state index contributed by atoms with van der Waals surface area (Å²) in [5, 5.41) is 0. The number of hydrogen-bond acceptors (Lipinski definition) is 9. The van der Waals surface area contributed by atoms with Crippen LogP contribution < -0.4 is 11.2 Å². The first-order valence-corrected chi connectivity index (χ1v) is 11.6. The number of ether oxygens (including phenoxy) is 1. The van der Waals surface area contributed by atoms with Crippen LogP contribution in [-0.2, 0) is 31.6 Å². The highest BCUT2D eigenvalue weighted by Crippen LogP contribution is 2.66. The summed E-state index contributed by atoms with van der Waals surface area (Å²) in [4.78, 5) is 59.7. The van der Waals surface area contributed by atoms with Gasteiger partial charge in [-0.25, -0.2) is 22.9 Å². The minimum atomic E-state index is -5.73. The third-order valence-electron chi connectivity index (χ3n) is 3.13. The van der Waals surface area contributed by atoms with Crippen molar-refractivity contribution in [3.05, 3.63) is 33.1 Å². The number of rotatable bonds is 8. The number of phosphoric acid groups is 3. The molecule has 0 radical (unpaired) electrons. The third-order valence-corrected chi connectivity index (χ3v) is 6.92. The Balaban J connectivity index is 2.00. The summed E-state index contributed by atoms with van der Waals surface area (Å²) in [5.41, 5.74) is -1.59. The van der Waals surface area contributed by atoms with Gasteiger partial charge in [-0.3, -0.25) is 18.9 Å². The van der Waals surface area contributed by atoms with Gasteiger partial charge in [0.2, 0.25) is 5.85 Å². The molecule has 1 aromatic heterocycles. The van der Waals surface area contributed by atoms with Gasteiger partial charge < -0.3 is 24.3 Å². The third kappa shape index (κ3) is 6.79. The minimum Gasteiger partial charge on any atom is -0.320 e. The molecule has 1 saturated heterocycles. The number of phosphoric ester groups is 1. The van der Waals surface area contributed by atoms with Crippen LogP contribution in [0.25, 0.3) is 0 Å². The molecule has 15 nitrogen and oxygen atoms in total. The molecule has 0 spiro atoms. The van der Waals surface area contributed by atoms with Crippen molar-refractivity contribution in [2.24, 2.45) is 0 Å². The molecular weight excluding hydrogens is 456 g/mol. The molecule has 0 saturated carbocycles. The largest absolute Gasteiger partial charge is 0.490 e. The number of hydrogen-bond donors (Lipinski definition) is 5. The molecule has 0 aromatic carbocycles. The summed E-state index contributed by atoms with van der Waals surface area (Å²) in [6.07, 6.45) is -0.708. The number of halogens is 1. The van der Waals surface area contributed by atoms with Crippen molar-refractivity contribution in [2.45, 2.75) is 24.9 Å². The first kappa shape index (κ1) is 23.3.